The number of hydrogen-bond acceptors (Lipinski definition) is 4. The second-order valence-corrected chi connectivity index (χ2v) is 4.32. The molecule has 0 aliphatic carbocycles. The van der Waals surface area contributed by atoms with Crippen LogP contribution in [0.1, 0.15) is 16.5 Å². The normalized spacial score (nSPS) is 12.6. The van der Waals surface area contributed by atoms with Gasteiger partial charge in [0.25, 0.3) is 0 Å². The van der Waals surface area contributed by atoms with Crippen LogP contribution in [0.25, 0.3) is 0 Å². The van der Waals surface area contributed by atoms with E-state index < -0.39 is 0 Å². The molecule has 3 nitrogen and oxygen atoms in total. The highest BCUT2D eigenvalue weighted by Crippen LogP contribution is 2.19. The van der Waals surface area contributed by atoms with Gasteiger partial charge < -0.3 is 0 Å². The zero-order chi connectivity index (χ0) is 10.5. The number of rotatable bonds is 4. The average molecular weight is 219 g/mol. The van der Waals surface area contributed by atoms with Gasteiger partial charge >= 0.3 is 0 Å². The molecule has 2 heterocycles. The minimum Gasteiger partial charge on any atom is -0.271 e. The Morgan fingerprint density at radius 1 is 1.40 bits per heavy atom. The van der Waals surface area contributed by atoms with E-state index in [4.69, 9.17) is 5.84 Å². The molecule has 2 rings (SSSR count). The molecule has 0 aliphatic rings. The third-order valence-corrected chi connectivity index (χ3v) is 3.17. The Balaban J connectivity index is 2.12. The van der Waals surface area contributed by atoms with Crippen molar-refractivity contribution >= 4 is 11.3 Å². The first-order valence-corrected chi connectivity index (χ1v) is 5.66. The molecule has 0 aromatic carbocycles. The molecule has 0 amide bonds. The molecule has 4 heteroatoms. The van der Waals surface area contributed by atoms with Crippen LogP contribution in [-0.4, -0.2) is 4.98 Å². The molecule has 2 aromatic heterocycles. The summed E-state index contributed by atoms with van der Waals surface area (Å²) in [6, 6.07) is 8.26. The molecule has 0 radical (unpaired) electrons. The maximum Gasteiger partial charge on any atom is 0.0523 e. The molecule has 0 fully saturated rings. The third-order valence-electron chi connectivity index (χ3n) is 2.27. The zero-order valence-electron chi connectivity index (χ0n) is 8.26. The van der Waals surface area contributed by atoms with Gasteiger partial charge in [-0.25, -0.2) is 0 Å². The number of pyridine rings is 1. The second-order valence-electron chi connectivity index (χ2n) is 3.29. The summed E-state index contributed by atoms with van der Waals surface area (Å²) in [7, 11) is 0. The van der Waals surface area contributed by atoms with Crippen molar-refractivity contribution in [2.45, 2.75) is 12.5 Å². The summed E-state index contributed by atoms with van der Waals surface area (Å²) < 4.78 is 0. The predicted molar refractivity (Wildman–Crippen MR) is 62.3 cm³/mol. The molecule has 0 saturated carbocycles. The van der Waals surface area contributed by atoms with E-state index in [2.05, 4.69) is 27.9 Å². The molecule has 0 bridgehead atoms. The average Bonchev–Trinajstić information content (AvgIpc) is 2.80. The van der Waals surface area contributed by atoms with Crippen molar-refractivity contribution in [2.24, 2.45) is 5.84 Å². The molecule has 3 N–H and O–H groups in total. The van der Waals surface area contributed by atoms with Gasteiger partial charge in [0.05, 0.1) is 6.04 Å². The highest BCUT2D eigenvalue weighted by atomic mass is 32.1. The van der Waals surface area contributed by atoms with Crippen molar-refractivity contribution < 1.29 is 0 Å². The van der Waals surface area contributed by atoms with Crippen LogP contribution in [0.15, 0.2) is 42.0 Å². The fraction of sp³-hybridized carbons (Fsp3) is 0.182. The van der Waals surface area contributed by atoms with Crippen molar-refractivity contribution in [3.8, 4) is 0 Å². The summed E-state index contributed by atoms with van der Waals surface area (Å²) in [5.74, 6) is 5.55. The lowest BCUT2D eigenvalue weighted by Gasteiger charge is -2.14. The Hall–Kier alpha value is -1.23. The van der Waals surface area contributed by atoms with Crippen molar-refractivity contribution in [3.05, 3.63) is 52.5 Å². The Morgan fingerprint density at radius 3 is 2.93 bits per heavy atom. The lowest BCUT2D eigenvalue weighted by atomic mass is 10.1. The van der Waals surface area contributed by atoms with Gasteiger partial charge in [-0.1, -0.05) is 12.1 Å². The van der Waals surface area contributed by atoms with Crippen LogP contribution in [0.3, 0.4) is 0 Å². The topological polar surface area (TPSA) is 50.9 Å². The number of nitrogens with one attached hydrogen (secondary N) is 1. The van der Waals surface area contributed by atoms with Crippen LogP contribution in [0.2, 0.25) is 0 Å². The molecule has 15 heavy (non-hydrogen) atoms. The van der Waals surface area contributed by atoms with Crippen molar-refractivity contribution in [3.63, 3.8) is 0 Å². The minimum absolute atomic E-state index is 0.136. The lowest BCUT2D eigenvalue weighted by Crippen LogP contribution is -2.29. The molecule has 0 spiro atoms. The van der Waals surface area contributed by atoms with E-state index in [1.807, 2.05) is 18.3 Å². The third kappa shape index (κ3) is 2.62. The van der Waals surface area contributed by atoms with E-state index in [9.17, 15) is 0 Å². The molecule has 78 valence electrons. The van der Waals surface area contributed by atoms with Crippen LogP contribution in [0.4, 0.5) is 0 Å². The fourth-order valence-corrected chi connectivity index (χ4v) is 2.24. The summed E-state index contributed by atoms with van der Waals surface area (Å²) in [6.45, 7) is 0. The van der Waals surface area contributed by atoms with Gasteiger partial charge in [0.15, 0.2) is 0 Å². The summed E-state index contributed by atoms with van der Waals surface area (Å²) >= 11 is 1.75. The molecule has 1 atom stereocenters. The van der Waals surface area contributed by atoms with Crippen LogP contribution in [-0.2, 0) is 6.42 Å². The number of thiophene rings is 1. The summed E-state index contributed by atoms with van der Waals surface area (Å²) in [6.07, 6.45) is 4.51. The lowest BCUT2D eigenvalue weighted by molar-refractivity contribution is 0.554. The van der Waals surface area contributed by atoms with Crippen molar-refractivity contribution in [1.82, 2.24) is 10.4 Å². The van der Waals surface area contributed by atoms with E-state index in [0.717, 1.165) is 12.0 Å². The first-order valence-electron chi connectivity index (χ1n) is 4.78. The Kier molecular flexibility index (Phi) is 3.45. The molecular weight excluding hydrogens is 206 g/mol. The van der Waals surface area contributed by atoms with E-state index in [1.54, 1.807) is 17.5 Å². The first kappa shape index (κ1) is 10.3. The van der Waals surface area contributed by atoms with Crippen LogP contribution < -0.4 is 11.3 Å². The maximum atomic E-state index is 5.55. The number of aromatic nitrogens is 1. The predicted octanol–water partition coefficient (Wildman–Crippen LogP) is 1.89. The summed E-state index contributed by atoms with van der Waals surface area (Å²) in [4.78, 5) is 5.41. The van der Waals surface area contributed by atoms with Gasteiger partial charge in [0.1, 0.15) is 0 Å². The molecule has 1 unspecified atom stereocenters. The largest absolute Gasteiger partial charge is 0.271 e. The van der Waals surface area contributed by atoms with E-state index in [1.165, 1.54) is 4.88 Å². The quantitative estimate of drug-likeness (QED) is 0.610. The molecular formula is C11H13N3S. The van der Waals surface area contributed by atoms with E-state index >= 15 is 0 Å². The van der Waals surface area contributed by atoms with Crippen molar-refractivity contribution in [2.75, 3.05) is 0 Å². The van der Waals surface area contributed by atoms with Gasteiger partial charge in [-0.15, -0.1) is 11.3 Å². The van der Waals surface area contributed by atoms with Gasteiger partial charge in [-0.05, 0) is 23.1 Å². The van der Waals surface area contributed by atoms with Crippen LogP contribution in [0.5, 0.6) is 0 Å². The van der Waals surface area contributed by atoms with Gasteiger partial charge in [0.2, 0.25) is 0 Å². The van der Waals surface area contributed by atoms with E-state index in [0.29, 0.717) is 0 Å². The highest BCUT2D eigenvalue weighted by molar-refractivity contribution is 7.09. The maximum absolute atomic E-state index is 5.55. The van der Waals surface area contributed by atoms with Crippen LogP contribution in [0, 0.1) is 0 Å². The SMILES string of the molecule is NNC(Cc1cccs1)c1cccnc1. The summed E-state index contributed by atoms with van der Waals surface area (Å²) in [5, 5.41) is 2.08. The van der Waals surface area contributed by atoms with Gasteiger partial charge in [0, 0.05) is 23.7 Å². The zero-order valence-corrected chi connectivity index (χ0v) is 9.08. The number of hydrogen-bond donors (Lipinski definition) is 2. The van der Waals surface area contributed by atoms with Gasteiger partial charge in [-0.3, -0.25) is 16.3 Å². The first-order chi connectivity index (χ1) is 7.40. The Bertz CT molecular complexity index is 385. The molecule has 0 aliphatic heterocycles. The monoisotopic (exact) mass is 219 g/mol. The Labute approximate surface area is 92.9 Å². The smallest absolute Gasteiger partial charge is 0.0523 e. The minimum atomic E-state index is 0.136. The molecule has 0 saturated heterocycles. The number of nitrogens with zero attached hydrogens (tertiary/aromatic N) is 1. The van der Waals surface area contributed by atoms with Gasteiger partial charge in [-0.2, -0.15) is 0 Å². The fourth-order valence-electron chi connectivity index (χ4n) is 1.49. The number of nitrogens with two attached hydrogens (primary N) is 1. The van der Waals surface area contributed by atoms with Crippen LogP contribution >= 0.6 is 11.3 Å². The second kappa shape index (κ2) is 5.02. The number of hydrazine groups is 1. The van der Waals surface area contributed by atoms with E-state index in [-0.39, 0.29) is 6.04 Å². The Morgan fingerprint density at radius 2 is 2.33 bits per heavy atom. The highest BCUT2D eigenvalue weighted by Gasteiger charge is 2.10. The molecule has 2 aromatic rings. The summed E-state index contributed by atoms with van der Waals surface area (Å²) in [5.41, 5.74) is 3.94. The van der Waals surface area contributed by atoms with Crippen molar-refractivity contribution in [1.29, 1.82) is 0 Å². The standard InChI is InChI=1S/C11H13N3S/c12-14-11(7-10-4-2-6-15-10)9-3-1-5-13-8-9/h1-6,8,11,14H,7,12H2.